The third-order valence-electron chi connectivity index (χ3n) is 1.53. The van der Waals surface area contributed by atoms with Gasteiger partial charge in [-0.05, 0) is 6.92 Å². The first-order valence-corrected chi connectivity index (χ1v) is 4.57. The average molecular weight is 191 g/mol. The minimum absolute atomic E-state index is 0.711. The molecule has 0 atom stereocenters. The molecule has 5 nitrogen and oxygen atoms in total. The molecular formula is C8H21N3O2. The van der Waals surface area contributed by atoms with Gasteiger partial charge in [-0.25, -0.2) is 10.9 Å². The van der Waals surface area contributed by atoms with Crippen LogP contribution in [0.2, 0.25) is 0 Å². The molecule has 0 aliphatic heterocycles. The fraction of sp³-hybridized carbons (Fsp3) is 1.00. The molecule has 0 amide bonds. The molecule has 0 fully saturated rings. The van der Waals surface area contributed by atoms with Crippen molar-refractivity contribution in [2.24, 2.45) is 0 Å². The van der Waals surface area contributed by atoms with E-state index in [9.17, 15) is 0 Å². The number of methoxy groups -OCH3 is 2. The Labute approximate surface area is 80.3 Å². The van der Waals surface area contributed by atoms with Gasteiger partial charge in [0.05, 0.1) is 13.2 Å². The zero-order chi connectivity index (χ0) is 9.94. The minimum Gasteiger partial charge on any atom is -0.383 e. The Morgan fingerprint density at radius 1 is 1.00 bits per heavy atom. The first-order valence-electron chi connectivity index (χ1n) is 4.57. The largest absolute Gasteiger partial charge is 0.383 e. The Kier molecular flexibility index (Phi) is 9.73. The Morgan fingerprint density at radius 3 is 1.77 bits per heavy atom. The summed E-state index contributed by atoms with van der Waals surface area (Å²) in [4.78, 5) is 0. The lowest BCUT2D eigenvalue weighted by molar-refractivity contribution is 0.0819. The molecule has 5 heteroatoms. The maximum Gasteiger partial charge on any atom is 0.0601 e. The summed E-state index contributed by atoms with van der Waals surface area (Å²) < 4.78 is 9.84. The highest BCUT2D eigenvalue weighted by molar-refractivity contribution is 4.44. The van der Waals surface area contributed by atoms with E-state index < -0.39 is 0 Å². The SMILES string of the molecule is CCN(NCCOC)NCCOC. The molecule has 0 aliphatic rings. The number of nitrogens with one attached hydrogen (secondary N) is 2. The zero-order valence-corrected chi connectivity index (χ0v) is 8.80. The monoisotopic (exact) mass is 191 g/mol. The molecule has 0 heterocycles. The molecule has 80 valence electrons. The van der Waals surface area contributed by atoms with Gasteiger partial charge in [0, 0.05) is 33.9 Å². The maximum absolute atomic E-state index is 4.92. The number of hydrogen-bond acceptors (Lipinski definition) is 5. The van der Waals surface area contributed by atoms with Gasteiger partial charge in [0.25, 0.3) is 0 Å². The lowest BCUT2D eigenvalue weighted by atomic mass is 10.7. The first-order chi connectivity index (χ1) is 6.35. The molecule has 2 N–H and O–H groups in total. The van der Waals surface area contributed by atoms with E-state index in [1.165, 1.54) is 0 Å². The highest BCUT2D eigenvalue weighted by Crippen LogP contribution is 1.75. The lowest BCUT2D eigenvalue weighted by Gasteiger charge is -2.22. The molecule has 0 saturated heterocycles. The lowest BCUT2D eigenvalue weighted by Crippen LogP contribution is -2.49. The number of hydrogen-bond donors (Lipinski definition) is 2. The van der Waals surface area contributed by atoms with Crippen molar-refractivity contribution < 1.29 is 9.47 Å². The second kappa shape index (κ2) is 9.88. The molecule has 0 spiro atoms. The van der Waals surface area contributed by atoms with Crippen molar-refractivity contribution >= 4 is 0 Å². The van der Waals surface area contributed by atoms with E-state index >= 15 is 0 Å². The van der Waals surface area contributed by atoms with Crippen LogP contribution >= 0.6 is 0 Å². The van der Waals surface area contributed by atoms with Gasteiger partial charge in [0.1, 0.15) is 0 Å². The summed E-state index contributed by atoms with van der Waals surface area (Å²) in [7, 11) is 3.38. The predicted octanol–water partition coefficient (Wildman–Crippen LogP) is -0.390. The molecule has 0 aliphatic carbocycles. The molecule has 0 saturated carbocycles. The molecule has 13 heavy (non-hydrogen) atoms. The number of rotatable bonds is 9. The van der Waals surface area contributed by atoms with E-state index in [0.29, 0.717) is 13.2 Å². The molecular weight excluding hydrogens is 170 g/mol. The minimum atomic E-state index is 0.711. The van der Waals surface area contributed by atoms with Crippen molar-refractivity contribution in [1.82, 2.24) is 16.0 Å². The fourth-order valence-electron chi connectivity index (χ4n) is 0.845. The number of nitrogens with zero attached hydrogens (tertiary/aromatic N) is 1. The van der Waals surface area contributed by atoms with Gasteiger partial charge in [-0.3, -0.25) is 0 Å². The molecule has 0 unspecified atom stereocenters. The second-order valence-electron chi connectivity index (χ2n) is 2.55. The van der Waals surface area contributed by atoms with Gasteiger partial charge in [-0.1, -0.05) is 0 Å². The van der Waals surface area contributed by atoms with Crippen LogP contribution in [-0.2, 0) is 9.47 Å². The Morgan fingerprint density at radius 2 is 1.46 bits per heavy atom. The Balaban J connectivity index is 3.28. The molecule has 0 bridgehead atoms. The second-order valence-corrected chi connectivity index (χ2v) is 2.55. The van der Waals surface area contributed by atoms with Gasteiger partial charge in [0.15, 0.2) is 0 Å². The average Bonchev–Trinajstić information content (AvgIpc) is 2.16. The van der Waals surface area contributed by atoms with Crippen LogP contribution < -0.4 is 10.9 Å². The Hall–Kier alpha value is -0.200. The third kappa shape index (κ3) is 8.14. The van der Waals surface area contributed by atoms with Gasteiger partial charge >= 0.3 is 0 Å². The van der Waals surface area contributed by atoms with Crippen molar-refractivity contribution in [3.8, 4) is 0 Å². The van der Waals surface area contributed by atoms with Gasteiger partial charge < -0.3 is 9.47 Å². The number of hydrazine groups is 2. The van der Waals surface area contributed by atoms with Crippen LogP contribution in [-0.4, -0.2) is 52.2 Å². The zero-order valence-electron chi connectivity index (χ0n) is 8.80. The van der Waals surface area contributed by atoms with Crippen LogP contribution in [0.4, 0.5) is 0 Å². The van der Waals surface area contributed by atoms with Crippen LogP contribution in [0, 0.1) is 0 Å². The molecule has 0 aromatic carbocycles. The van der Waals surface area contributed by atoms with Crippen LogP contribution in [0.3, 0.4) is 0 Å². The summed E-state index contributed by atoms with van der Waals surface area (Å²) >= 11 is 0. The van der Waals surface area contributed by atoms with Crippen LogP contribution in [0.5, 0.6) is 0 Å². The summed E-state index contributed by atoms with van der Waals surface area (Å²) in [5.41, 5.74) is 6.34. The molecule has 0 aromatic rings. The number of ether oxygens (including phenoxy) is 2. The van der Waals surface area contributed by atoms with Gasteiger partial charge in [-0.2, -0.15) is 5.12 Å². The first kappa shape index (κ1) is 12.8. The predicted molar refractivity (Wildman–Crippen MR) is 52.1 cm³/mol. The Bertz CT molecular complexity index is 93.4. The van der Waals surface area contributed by atoms with Crippen LogP contribution in [0.1, 0.15) is 6.92 Å². The van der Waals surface area contributed by atoms with Crippen molar-refractivity contribution in [3.05, 3.63) is 0 Å². The highest BCUT2D eigenvalue weighted by atomic mass is 16.5. The van der Waals surface area contributed by atoms with E-state index in [1.807, 2.05) is 5.12 Å². The molecule has 0 rings (SSSR count). The van der Waals surface area contributed by atoms with E-state index in [0.717, 1.165) is 19.6 Å². The van der Waals surface area contributed by atoms with E-state index in [4.69, 9.17) is 9.47 Å². The third-order valence-corrected chi connectivity index (χ3v) is 1.53. The summed E-state index contributed by atoms with van der Waals surface area (Å²) in [6, 6.07) is 0. The fourth-order valence-corrected chi connectivity index (χ4v) is 0.845. The molecule has 0 aromatic heterocycles. The smallest absolute Gasteiger partial charge is 0.0601 e. The van der Waals surface area contributed by atoms with E-state index in [-0.39, 0.29) is 0 Å². The summed E-state index contributed by atoms with van der Waals surface area (Å²) in [6.07, 6.45) is 0. The van der Waals surface area contributed by atoms with E-state index in [2.05, 4.69) is 17.8 Å². The summed E-state index contributed by atoms with van der Waals surface area (Å²) in [5, 5.41) is 1.93. The van der Waals surface area contributed by atoms with Gasteiger partial charge in [0.2, 0.25) is 0 Å². The summed E-state index contributed by atoms with van der Waals surface area (Å²) in [6.45, 7) is 6.01. The van der Waals surface area contributed by atoms with Crippen LogP contribution in [0.15, 0.2) is 0 Å². The van der Waals surface area contributed by atoms with E-state index in [1.54, 1.807) is 14.2 Å². The van der Waals surface area contributed by atoms with Crippen LogP contribution in [0.25, 0.3) is 0 Å². The standard InChI is InChI=1S/C8H21N3O2/c1-4-11(9-5-7-12-2)10-6-8-13-3/h9-10H,4-8H2,1-3H3. The normalized spacial score (nSPS) is 11.1. The van der Waals surface area contributed by atoms with Crippen molar-refractivity contribution in [2.75, 3.05) is 47.1 Å². The highest BCUT2D eigenvalue weighted by Gasteiger charge is 1.97. The topological polar surface area (TPSA) is 45.8 Å². The molecule has 0 radical (unpaired) electrons. The quantitative estimate of drug-likeness (QED) is 0.384. The van der Waals surface area contributed by atoms with Crippen molar-refractivity contribution in [2.45, 2.75) is 6.92 Å². The maximum atomic E-state index is 4.92. The van der Waals surface area contributed by atoms with Gasteiger partial charge in [-0.15, -0.1) is 0 Å². The van der Waals surface area contributed by atoms with Crippen molar-refractivity contribution in [1.29, 1.82) is 0 Å². The summed E-state index contributed by atoms with van der Waals surface area (Å²) in [5.74, 6) is 0. The van der Waals surface area contributed by atoms with Crippen molar-refractivity contribution in [3.63, 3.8) is 0 Å².